The molecule has 0 unspecified atom stereocenters. The fourth-order valence-corrected chi connectivity index (χ4v) is 1.57. The molecule has 1 rings (SSSR count). The Bertz CT molecular complexity index is 385. The number of esters is 1. The van der Waals surface area contributed by atoms with Crippen LogP contribution in [0.4, 0.5) is 0 Å². The number of benzene rings is 1. The van der Waals surface area contributed by atoms with Gasteiger partial charge in [0.1, 0.15) is 6.29 Å². The maximum absolute atomic E-state index is 11.3. The van der Waals surface area contributed by atoms with E-state index in [1.807, 2.05) is 0 Å². The average molecular weight is 257 g/mol. The molecule has 1 aromatic rings. The summed E-state index contributed by atoms with van der Waals surface area (Å²) in [6.07, 6.45) is 0.691. The molecule has 14 heavy (non-hydrogen) atoms. The number of hydrogen-bond donors (Lipinski definition) is 0. The third kappa shape index (κ3) is 2.01. The monoisotopic (exact) mass is 256 g/mol. The quantitative estimate of drug-likeness (QED) is 0.603. The van der Waals surface area contributed by atoms with Gasteiger partial charge < -0.3 is 4.74 Å². The van der Waals surface area contributed by atoms with Gasteiger partial charge in [-0.25, -0.2) is 4.79 Å². The Kier molecular flexibility index (Phi) is 3.41. The summed E-state index contributed by atoms with van der Waals surface area (Å²) in [5.41, 5.74) is 1.62. The summed E-state index contributed by atoms with van der Waals surface area (Å²) in [4.78, 5) is 21.9. The zero-order valence-electron chi connectivity index (χ0n) is 7.83. The van der Waals surface area contributed by atoms with Crippen LogP contribution < -0.4 is 0 Å². The molecule has 0 saturated heterocycles. The number of rotatable bonds is 2. The van der Waals surface area contributed by atoms with Gasteiger partial charge in [0.2, 0.25) is 0 Å². The molecule has 0 aliphatic carbocycles. The van der Waals surface area contributed by atoms with Crippen molar-refractivity contribution in [1.29, 1.82) is 0 Å². The van der Waals surface area contributed by atoms with Crippen LogP contribution in [0, 0.1) is 6.92 Å². The Labute approximate surface area is 90.2 Å². The van der Waals surface area contributed by atoms with Crippen LogP contribution in [0.5, 0.6) is 0 Å². The number of carbonyl (C=O) groups excluding carboxylic acids is 2. The Morgan fingerprint density at radius 3 is 2.64 bits per heavy atom. The summed E-state index contributed by atoms with van der Waals surface area (Å²) in [6.45, 7) is 1.78. The maximum Gasteiger partial charge on any atom is 0.338 e. The predicted octanol–water partition coefficient (Wildman–Crippen LogP) is 2.36. The van der Waals surface area contributed by atoms with E-state index in [-0.39, 0.29) is 0 Å². The van der Waals surface area contributed by atoms with Crippen molar-refractivity contribution >= 4 is 28.2 Å². The van der Waals surface area contributed by atoms with Crippen molar-refractivity contribution in [3.8, 4) is 0 Å². The van der Waals surface area contributed by atoms with Crippen LogP contribution in [0.15, 0.2) is 16.6 Å². The van der Waals surface area contributed by atoms with E-state index in [4.69, 9.17) is 0 Å². The molecule has 0 fully saturated rings. The second-order valence-electron chi connectivity index (χ2n) is 2.78. The topological polar surface area (TPSA) is 43.4 Å². The van der Waals surface area contributed by atoms with Gasteiger partial charge in [-0.05, 0) is 24.6 Å². The van der Waals surface area contributed by atoms with Crippen molar-refractivity contribution in [2.75, 3.05) is 7.11 Å². The van der Waals surface area contributed by atoms with Gasteiger partial charge in [-0.1, -0.05) is 15.9 Å². The molecule has 0 atom stereocenters. The summed E-state index contributed by atoms with van der Waals surface area (Å²) < 4.78 is 5.32. The van der Waals surface area contributed by atoms with E-state index in [0.717, 1.165) is 10.0 Å². The van der Waals surface area contributed by atoms with Crippen molar-refractivity contribution in [2.45, 2.75) is 6.92 Å². The zero-order chi connectivity index (χ0) is 10.7. The average Bonchev–Trinajstić information content (AvgIpc) is 2.20. The minimum absolute atomic E-state index is 0.406. The molecule has 74 valence electrons. The zero-order valence-corrected chi connectivity index (χ0v) is 9.42. The number of methoxy groups -OCH3 is 1. The van der Waals surface area contributed by atoms with E-state index in [1.54, 1.807) is 13.0 Å². The summed E-state index contributed by atoms with van der Waals surface area (Å²) in [5.74, 6) is -0.438. The van der Waals surface area contributed by atoms with Gasteiger partial charge in [0, 0.05) is 10.0 Å². The lowest BCUT2D eigenvalue weighted by Gasteiger charge is -2.06. The molecule has 0 aliphatic heterocycles. The van der Waals surface area contributed by atoms with Crippen molar-refractivity contribution in [3.05, 3.63) is 33.3 Å². The Balaban J connectivity index is 3.33. The van der Waals surface area contributed by atoms with E-state index in [1.165, 1.54) is 13.2 Å². The van der Waals surface area contributed by atoms with Gasteiger partial charge in [0.05, 0.1) is 12.7 Å². The van der Waals surface area contributed by atoms with Gasteiger partial charge in [0.25, 0.3) is 0 Å². The van der Waals surface area contributed by atoms with Crippen LogP contribution in [-0.4, -0.2) is 19.4 Å². The lowest BCUT2D eigenvalue weighted by Crippen LogP contribution is -2.05. The van der Waals surface area contributed by atoms with Crippen molar-refractivity contribution in [3.63, 3.8) is 0 Å². The fraction of sp³-hybridized carbons (Fsp3) is 0.200. The standard InChI is InChI=1S/C10H9BrO3/c1-6-8(10(13)14-2)3-7(5-12)4-9(6)11/h3-5H,1-2H3. The number of carbonyl (C=O) groups is 2. The van der Waals surface area contributed by atoms with Gasteiger partial charge in [0.15, 0.2) is 0 Å². The van der Waals surface area contributed by atoms with Crippen molar-refractivity contribution < 1.29 is 14.3 Å². The third-order valence-corrected chi connectivity index (χ3v) is 2.73. The highest BCUT2D eigenvalue weighted by atomic mass is 79.9. The first-order valence-corrected chi connectivity index (χ1v) is 4.73. The molecular weight excluding hydrogens is 248 g/mol. The number of halogens is 1. The third-order valence-electron chi connectivity index (χ3n) is 1.91. The molecule has 0 spiro atoms. The van der Waals surface area contributed by atoms with E-state index >= 15 is 0 Å². The van der Waals surface area contributed by atoms with E-state index < -0.39 is 5.97 Å². The molecule has 4 heteroatoms. The fourth-order valence-electron chi connectivity index (χ4n) is 1.09. The molecule has 0 heterocycles. The minimum atomic E-state index is -0.438. The molecule has 0 aliphatic rings. The molecule has 0 amide bonds. The molecule has 0 N–H and O–H groups in total. The van der Waals surface area contributed by atoms with Gasteiger partial charge in [-0.3, -0.25) is 4.79 Å². The largest absolute Gasteiger partial charge is 0.465 e. The normalized spacial score (nSPS) is 9.64. The number of aldehydes is 1. The SMILES string of the molecule is COC(=O)c1cc(C=O)cc(Br)c1C. The van der Waals surface area contributed by atoms with Crippen LogP contribution in [0.3, 0.4) is 0 Å². The Morgan fingerprint density at radius 2 is 2.14 bits per heavy atom. The van der Waals surface area contributed by atoms with Gasteiger partial charge >= 0.3 is 5.97 Å². The van der Waals surface area contributed by atoms with Crippen LogP contribution in [-0.2, 0) is 4.74 Å². The van der Waals surface area contributed by atoms with Crippen molar-refractivity contribution in [1.82, 2.24) is 0 Å². The molecule has 0 saturated carbocycles. The molecule has 1 aromatic carbocycles. The molecule has 0 aromatic heterocycles. The highest BCUT2D eigenvalue weighted by molar-refractivity contribution is 9.10. The highest BCUT2D eigenvalue weighted by Gasteiger charge is 2.12. The highest BCUT2D eigenvalue weighted by Crippen LogP contribution is 2.22. The summed E-state index contributed by atoms with van der Waals surface area (Å²) in [6, 6.07) is 3.17. The first kappa shape index (κ1) is 10.9. The number of ether oxygens (including phenoxy) is 1. The Morgan fingerprint density at radius 1 is 1.50 bits per heavy atom. The first-order chi connectivity index (χ1) is 6.60. The summed E-state index contributed by atoms with van der Waals surface area (Å²) >= 11 is 3.27. The Hall–Kier alpha value is -1.16. The molecular formula is C10H9BrO3. The lowest BCUT2D eigenvalue weighted by atomic mass is 10.1. The van der Waals surface area contributed by atoms with E-state index in [0.29, 0.717) is 17.4 Å². The van der Waals surface area contributed by atoms with E-state index in [2.05, 4.69) is 20.7 Å². The van der Waals surface area contributed by atoms with Gasteiger partial charge in [-0.15, -0.1) is 0 Å². The van der Waals surface area contributed by atoms with Crippen LogP contribution in [0.25, 0.3) is 0 Å². The molecule has 0 radical (unpaired) electrons. The first-order valence-electron chi connectivity index (χ1n) is 3.93. The van der Waals surface area contributed by atoms with Gasteiger partial charge in [-0.2, -0.15) is 0 Å². The lowest BCUT2D eigenvalue weighted by molar-refractivity contribution is 0.0600. The second-order valence-corrected chi connectivity index (χ2v) is 3.64. The predicted molar refractivity (Wildman–Crippen MR) is 55.6 cm³/mol. The molecule has 3 nitrogen and oxygen atoms in total. The number of hydrogen-bond acceptors (Lipinski definition) is 3. The summed E-state index contributed by atoms with van der Waals surface area (Å²) in [5, 5.41) is 0. The van der Waals surface area contributed by atoms with E-state index in [9.17, 15) is 9.59 Å². The smallest absolute Gasteiger partial charge is 0.338 e. The summed E-state index contributed by atoms with van der Waals surface area (Å²) in [7, 11) is 1.31. The second kappa shape index (κ2) is 4.37. The van der Waals surface area contributed by atoms with Crippen LogP contribution in [0.1, 0.15) is 26.3 Å². The maximum atomic E-state index is 11.3. The van der Waals surface area contributed by atoms with Crippen molar-refractivity contribution in [2.24, 2.45) is 0 Å². The van der Waals surface area contributed by atoms with Crippen LogP contribution >= 0.6 is 15.9 Å². The van der Waals surface area contributed by atoms with Crippen LogP contribution in [0.2, 0.25) is 0 Å². The molecule has 0 bridgehead atoms. The minimum Gasteiger partial charge on any atom is -0.465 e.